The molecule has 1 aromatic carbocycles. The molecule has 0 fully saturated rings. The summed E-state index contributed by atoms with van der Waals surface area (Å²) >= 11 is 3.39. The molecule has 0 unspecified atom stereocenters. The Kier molecular flexibility index (Phi) is 5.55. The summed E-state index contributed by atoms with van der Waals surface area (Å²) in [5, 5.41) is 9.46. The molecule has 1 aliphatic rings. The molecule has 9 heteroatoms. The van der Waals surface area contributed by atoms with E-state index in [0.717, 1.165) is 27.1 Å². The van der Waals surface area contributed by atoms with Crippen LogP contribution in [0.4, 0.5) is 5.69 Å². The third-order valence-corrected chi connectivity index (χ3v) is 5.48. The van der Waals surface area contributed by atoms with Crippen molar-refractivity contribution in [1.82, 2.24) is 20.4 Å². The van der Waals surface area contributed by atoms with Crippen molar-refractivity contribution in [2.75, 3.05) is 11.4 Å². The number of carbonyl (C=O) groups excluding carboxylic acids is 3. The van der Waals surface area contributed by atoms with Gasteiger partial charge < -0.3 is 15.5 Å². The van der Waals surface area contributed by atoms with Crippen molar-refractivity contribution in [1.29, 1.82) is 0 Å². The van der Waals surface area contributed by atoms with Gasteiger partial charge in [-0.25, -0.2) is 0 Å². The van der Waals surface area contributed by atoms with Crippen LogP contribution < -0.4 is 15.5 Å². The van der Waals surface area contributed by atoms with Gasteiger partial charge in [-0.3, -0.25) is 19.1 Å². The Morgan fingerprint density at radius 2 is 1.96 bits per heavy atom. The van der Waals surface area contributed by atoms with Gasteiger partial charge in [-0.1, -0.05) is 15.9 Å². The first-order valence-electron chi connectivity index (χ1n) is 8.93. The van der Waals surface area contributed by atoms with Crippen molar-refractivity contribution in [3.63, 3.8) is 0 Å². The number of amides is 3. The van der Waals surface area contributed by atoms with E-state index >= 15 is 0 Å². The van der Waals surface area contributed by atoms with Crippen LogP contribution in [0.2, 0.25) is 0 Å². The molecule has 0 bridgehead atoms. The monoisotopic (exact) mass is 447 g/mol. The van der Waals surface area contributed by atoms with Gasteiger partial charge in [0, 0.05) is 47.1 Å². The second-order valence-corrected chi connectivity index (χ2v) is 7.56. The lowest BCUT2D eigenvalue weighted by Gasteiger charge is -2.15. The fraction of sp³-hybridized carbons (Fsp3) is 0.368. The fourth-order valence-electron chi connectivity index (χ4n) is 3.39. The molecule has 0 spiro atoms. The highest BCUT2D eigenvalue weighted by Gasteiger charge is 2.38. The van der Waals surface area contributed by atoms with Crippen LogP contribution in [0.1, 0.15) is 35.5 Å². The van der Waals surface area contributed by atoms with E-state index in [1.54, 1.807) is 15.6 Å². The van der Waals surface area contributed by atoms with Crippen LogP contribution in [0.5, 0.6) is 0 Å². The number of likely N-dealkylation sites (N-methyl/N-ethyl adjacent to an activating group) is 1. The first-order valence-corrected chi connectivity index (χ1v) is 9.72. The lowest BCUT2D eigenvalue weighted by molar-refractivity contribution is -0.140. The third-order valence-electron chi connectivity index (χ3n) is 4.99. The van der Waals surface area contributed by atoms with Crippen LogP contribution in [0, 0.1) is 13.8 Å². The van der Waals surface area contributed by atoms with Gasteiger partial charge in [-0.05, 0) is 39.0 Å². The first kappa shape index (κ1) is 20.1. The predicted molar refractivity (Wildman–Crippen MR) is 108 cm³/mol. The maximum Gasteiger partial charge on any atom is 0.310 e. The molecule has 8 nitrogen and oxygen atoms in total. The van der Waals surface area contributed by atoms with Crippen molar-refractivity contribution in [2.45, 2.75) is 33.4 Å². The third kappa shape index (κ3) is 3.54. The zero-order valence-corrected chi connectivity index (χ0v) is 17.8. The molecule has 148 valence electrons. The molecule has 0 radical (unpaired) electrons. The minimum atomic E-state index is -0.882. The van der Waals surface area contributed by atoms with Crippen molar-refractivity contribution >= 4 is 39.3 Å². The van der Waals surface area contributed by atoms with Crippen LogP contribution >= 0.6 is 15.9 Å². The average Bonchev–Trinajstić information content (AvgIpc) is 3.05. The van der Waals surface area contributed by atoms with E-state index in [4.69, 9.17) is 0 Å². The highest BCUT2D eigenvalue weighted by atomic mass is 79.9. The molecular weight excluding hydrogens is 426 g/mol. The number of benzene rings is 1. The SMILES string of the molecule is CCN1C(=O)[C@H](NC(=O)C(=O)NCc2c(C)nn(C)c2C)c2cc(Br)ccc21. The molecule has 1 aromatic heterocycles. The van der Waals surface area contributed by atoms with Crippen LogP contribution in [-0.2, 0) is 28.0 Å². The number of rotatable bonds is 4. The molecule has 0 saturated heterocycles. The Labute approximate surface area is 171 Å². The summed E-state index contributed by atoms with van der Waals surface area (Å²) in [6.07, 6.45) is 0. The topological polar surface area (TPSA) is 96.3 Å². The number of hydrogen-bond acceptors (Lipinski definition) is 4. The number of aromatic nitrogens is 2. The minimum Gasteiger partial charge on any atom is -0.344 e. The van der Waals surface area contributed by atoms with Crippen molar-refractivity contribution < 1.29 is 14.4 Å². The van der Waals surface area contributed by atoms with Gasteiger partial charge in [0.1, 0.15) is 6.04 Å². The van der Waals surface area contributed by atoms with E-state index in [-0.39, 0.29) is 12.5 Å². The Bertz CT molecular complexity index is 969. The molecule has 2 aromatic rings. The number of nitrogens with zero attached hydrogens (tertiary/aromatic N) is 3. The second-order valence-electron chi connectivity index (χ2n) is 6.65. The lowest BCUT2D eigenvalue weighted by atomic mass is 10.1. The Morgan fingerprint density at radius 3 is 2.57 bits per heavy atom. The van der Waals surface area contributed by atoms with Crippen molar-refractivity contribution in [3.05, 3.63) is 45.2 Å². The molecule has 28 heavy (non-hydrogen) atoms. The number of nitrogens with one attached hydrogen (secondary N) is 2. The zero-order valence-electron chi connectivity index (χ0n) is 16.2. The fourth-order valence-corrected chi connectivity index (χ4v) is 3.77. The smallest absolute Gasteiger partial charge is 0.310 e. The Balaban J connectivity index is 1.71. The van der Waals surface area contributed by atoms with Gasteiger partial charge in [0.15, 0.2) is 0 Å². The molecule has 3 rings (SSSR count). The van der Waals surface area contributed by atoms with Gasteiger partial charge >= 0.3 is 11.8 Å². The van der Waals surface area contributed by atoms with E-state index in [2.05, 4.69) is 31.7 Å². The summed E-state index contributed by atoms with van der Waals surface area (Å²) in [6.45, 7) is 6.27. The molecular formula is C19H22BrN5O3. The Hall–Kier alpha value is -2.68. The summed E-state index contributed by atoms with van der Waals surface area (Å²) in [7, 11) is 1.82. The maximum absolute atomic E-state index is 12.7. The number of fused-ring (bicyclic) bond motifs is 1. The van der Waals surface area contributed by atoms with Gasteiger partial charge in [0.25, 0.3) is 5.91 Å². The van der Waals surface area contributed by atoms with E-state index in [1.165, 1.54) is 0 Å². The van der Waals surface area contributed by atoms with Crippen LogP contribution in [0.3, 0.4) is 0 Å². The molecule has 1 atom stereocenters. The molecule has 0 aliphatic carbocycles. The number of halogens is 1. The highest BCUT2D eigenvalue weighted by molar-refractivity contribution is 9.10. The average molecular weight is 448 g/mol. The zero-order chi connectivity index (χ0) is 20.6. The van der Waals surface area contributed by atoms with Crippen LogP contribution in [-0.4, -0.2) is 34.0 Å². The maximum atomic E-state index is 12.7. The quantitative estimate of drug-likeness (QED) is 0.696. The molecule has 3 amide bonds. The number of anilines is 1. The number of carbonyl (C=O) groups is 3. The minimum absolute atomic E-state index is 0.194. The van der Waals surface area contributed by atoms with E-state index < -0.39 is 17.9 Å². The van der Waals surface area contributed by atoms with Crippen LogP contribution in [0.15, 0.2) is 22.7 Å². The summed E-state index contributed by atoms with van der Waals surface area (Å²) in [5.41, 5.74) is 3.99. The standard InChI is InChI=1S/C19H22BrN5O3/c1-5-25-15-7-6-12(20)8-13(15)16(19(25)28)22-18(27)17(26)21-9-14-10(2)23-24(4)11(14)3/h6-8,16H,5,9H2,1-4H3,(H,21,26)(H,22,27)/t16-/m1/s1. The van der Waals surface area contributed by atoms with Crippen LogP contribution in [0.25, 0.3) is 0 Å². The van der Waals surface area contributed by atoms with Gasteiger partial charge in [-0.15, -0.1) is 0 Å². The molecule has 1 aliphatic heterocycles. The predicted octanol–water partition coefficient (Wildman–Crippen LogP) is 1.64. The normalized spacial score (nSPS) is 15.5. The first-order chi connectivity index (χ1) is 13.2. The molecule has 0 saturated carbocycles. The second kappa shape index (κ2) is 7.75. The van der Waals surface area contributed by atoms with Gasteiger partial charge in [-0.2, -0.15) is 5.10 Å². The summed E-state index contributed by atoms with van der Waals surface area (Å²) in [5.74, 6) is -1.89. The van der Waals surface area contributed by atoms with Crippen molar-refractivity contribution in [2.24, 2.45) is 7.05 Å². The molecule has 2 N–H and O–H groups in total. The van der Waals surface area contributed by atoms with E-state index in [0.29, 0.717) is 12.1 Å². The van der Waals surface area contributed by atoms with E-state index in [1.807, 2.05) is 40.0 Å². The highest BCUT2D eigenvalue weighted by Crippen LogP contribution is 2.37. The van der Waals surface area contributed by atoms with Gasteiger partial charge in [0.05, 0.1) is 5.69 Å². The number of aryl methyl sites for hydroxylation is 2. The van der Waals surface area contributed by atoms with E-state index in [9.17, 15) is 14.4 Å². The van der Waals surface area contributed by atoms with Gasteiger partial charge in [0.2, 0.25) is 0 Å². The molecule has 2 heterocycles. The van der Waals surface area contributed by atoms with Crippen molar-refractivity contribution in [3.8, 4) is 0 Å². The number of hydrogen-bond donors (Lipinski definition) is 2. The summed E-state index contributed by atoms with van der Waals surface area (Å²) in [4.78, 5) is 39.0. The lowest BCUT2D eigenvalue weighted by Crippen LogP contribution is -2.44. The Morgan fingerprint density at radius 1 is 1.25 bits per heavy atom. The summed E-state index contributed by atoms with van der Waals surface area (Å²) in [6, 6.07) is 4.56. The largest absolute Gasteiger partial charge is 0.344 e. The summed E-state index contributed by atoms with van der Waals surface area (Å²) < 4.78 is 2.52.